The van der Waals surface area contributed by atoms with Gasteiger partial charge in [-0.1, -0.05) is 30.3 Å². The number of hydrogen-bond acceptors (Lipinski definition) is 4. The number of benzene rings is 1. The predicted octanol–water partition coefficient (Wildman–Crippen LogP) is 1.74. The van der Waals surface area contributed by atoms with E-state index in [2.05, 4.69) is 16.0 Å². The average Bonchev–Trinajstić information content (AvgIpc) is 3.22. The normalized spacial score (nSPS) is 18.1. The van der Waals surface area contributed by atoms with E-state index in [0.29, 0.717) is 18.9 Å². The summed E-state index contributed by atoms with van der Waals surface area (Å²) in [6, 6.07) is 12.3. The zero-order valence-corrected chi connectivity index (χ0v) is 14.7. The monoisotopic (exact) mass is 355 g/mol. The third-order valence-electron chi connectivity index (χ3n) is 4.61. The molecule has 6 nitrogen and oxygen atoms in total. The molecular weight excluding hydrogens is 330 g/mol. The molecule has 2 atom stereocenters. The van der Waals surface area contributed by atoms with Crippen molar-refractivity contribution >= 4 is 11.8 Å². The molecule has 1 aromatic heterocycles. The molecule has 26 heavy (non-hydrogen) atoms. The molecule has 3 rings (SSSR count). The molecule has 1 saturated heterocycles. The fourth-order valence-corrected chi connectivity index (χ4v) is 3.16. The Kier molecular flexibility index (Phi) is 6.44. The minimum atomic E-state index is -0.647. The quantitative estimate of drug-likeness (QED) is 0.706. The largest absolute Gasteiger partial charge is 0.459 e. The van der Waals surface area contributed by atoms with Gasteiger partial charge in [-0.3, -0.25) is 9.59 Å². The van der Waals surface area contributed by atoms with E-state index in [4.69, 9.17) is 4.42 Å². The van der Waals surface area contributed by atoms with Gasteiger partial charge in [0.1, 0.15) is 6.04 Å². The molecule has 0 aliphatic carbocycles. The lowest BCUT2D eigenvalue weighted by atomic mass is 9.99. The summed E-state index contributed by atoms with van der Waals surface area (Å²) in [6.45, 7) is 2.58. The minimum absolute atomic E-state index is 0.167. The van der Waals surface area contributed by atoms with E-state index >= 15 is 0 Å². The van der Waals surface area contributed by atoms with Crippen molar-refractivity contribution < 1.29 is 14.0 Å². The highest BCUT2D eigenvalue weighted by molar-refractivity contribution is 5.95. The zero-order chi connectivity index (χ0) is 18.2. The summed E-state index contributed by atoms with van der Waals surface area (Å²) in [5.74, 6) is 0.0861. The molecule has 1 fully saturated rings. The van der Waals surface area contributed by atoms with Crippen LogP contribution in [0.2, 0.25) is 0 Å². The molecule has 0 bridgehead atoms. The van der Waals surface area contributed by atoms with Crippen LogP contribution < -0.4 is 16.0 Å². The van der Waals surface area contributed by atoms with E-state index in [1.807, 2.05) is 30.3 Å². The molecule has 1 aliphatic heterocycles. The minimum Gasteiger partial charge on any atom is -0.459 e. The second-order valence-electron chi connectivity index (χ2n) is 6.65. The summed E-state index contributed by atoms with van der Waals surface area (Å²) in [7, 11) is 0. The van der Waals surface area contributed by atoms with Crippen LogP contribution in [0.5, 0.6) is 0 Å². The van der Waals surface area contributed by atoms with E-state index in [0.717, 1.165) is 31.5 Å². The Morgan fingerprint density at radius 2 is 2.04 bits per heavy atom. The smallest absolute Gasteiger partial charge is 0.287 e. The molecule has 1 aliphatic rings. The van der Waals surface area contributed by atoms with Crippen LogP contribution in [-0.4, -0.2) is 37.5 Å². The summed E-state index contributed by atoms with van der Waals surface area (Å²) >= 11 is 0. The van der Waals surface area contributed by atoms with Gasteiger partial charge in [-0.2, -0.15) is 0 Å². The summed E-state index contributed by atoms with van der Waals surface area (Å²) in [6.07, 6.45) is 4.11. The van der Waals surface area contributed by atoms with Crippen LogP contribution in [0.25, 0.3) is 0 Å². The standard InChI is InChI=1S/C20H25N3O3/c24-19(22-14-16-8-4-10-21-13-16)17(12-15-6-2-1-3-7-15)23-20(25)18-9-5-11-26-18/h1-3,5-7,9,11,16-17,21H,4,8,10,12-14H2,(H,22,24)(H,23,25). The molecule has 3 N–H and O–H groups in total. The van der Waals surface area contributed by atoms with Gasteiger partial charge in [-0.25, -0.2) is 0 Å². The number of carbonyl (C=O) groups excluding carboxylic acids is 2. The van der Waals surface area contributed by atoms with Crippen molar-refractivity contribution in [3.05, 3.63) is 60.1 Å². The Morgan fingerprint density at radius 1 is 1.19 bits per heavy atom. The van der Waals surface area contributed by atoms with Crippen molar-refractivity contribution in [1.29, 1.82) is 0 Å². The zero-order valence-electron chi connectivity index (χ0n) is 14.7. The topological polar surface area (TPSA) is 83.4 Å². The Balaban J connectivity index is 1.62. The van der Waals surface area contributed by atoms with Crippen LogP contribution in [-0.2, 0) is 11.2 Å². The fourth-order valence-electron chi connectivity index (χ4n) is 3.16. The van der Waals surface area contributed by atoms with Gasteiger partial charge in [0.2, 0.25) is 5.91 Å². The molecule has 0 radical (unpaired) electrons. The molecule has 2 amide bonds. The Hall–Kier alpha value is -2.60. The van der Waals surface area contributed by atoms with Crippen LogP contribution in [0.4, 0.5) is 0 Å². The van der Waals surface area contributed by atoms with E-state index in [1.54, 1.807) is 12.1 Å². The molecule has 138 valence electrons. The fraction of sp³-hybridized carbons (Fsp3) is 0.400. The van der Waals surface area contributed by atoms with E-state index in [-0.39, 0.29) is 17.6 Å². The van der Waals surface area contributed by atoms with Gasteiger partial charge in [0.25, 0.3) is 5.91 Å². The third-order valence-corrected chi connectivity index (χ3v) is 4.61. The van der Waals surface area contributed by atoms with Crippen LogP contribution in [0, 0.1) is 5.92 Å². The number of piperidine rings is 1. The molecule has 6 heteroatoms. The van der Waals surface area contributed by atoms with Gasteiger partial charge in [-0.15, -0.1) is 0 Å². The van der Waals surface area contributed by atoms with Crippen molar-refractivity contribution in [1.82, 2.24) is 16.0 Å². The molecule has 2 unspecified atom stereocenters. The highest BCUT2D eigenvalue weighted by Crippen LogP contribution is 2.09. The summed E-state index contributed by atoms with van der Waals surface area (Å²) < 4.78 is 5.13. The number of nitrogens with one attached hydrogen (secondary N) is 3. The lowest BCUT2D eigenvalue weighted by Gasteiger charge is -2.24. The van der Waals surface area contributed by atoms with Gasteiger partial charge < -0.3 is 20.4 Å². The van der Waals surface area contributed by atoms with E-state index < -0.39 is 6.04 Å². The first-order valence-corrected chi connectivity index (χ1v) is 9.09. The van der Waals surface area contributed by atoms with Crippen molar-refractivity contribution in [3.63, 3.8) is 0 Å². The first kappa shape index (κ1) is 18.2. The predicted molar refractivity (Wildman–Crippen MR) is 98.7 cm³/mol. The van der Waals surface area contributed by atoms with Gasteiger partial charge in [0.15, 0.2) is 5.76 Å². The molecule has 1 aromatic carbocycles. The second kappa shape index (κ2) is 9.20. The maximum absolute atomic E-state index is 12.7. The SMILES string of the molecule is O=C(NC(Cc1ccccc1)C(=O)NCC1CCCNC1)c1ccco1. The van der Waals surface area contributed by atoms with Gasteiger partial charge in [0.05, 0.1) is 6.26 Å². The van der Waals surface area contributed by atoms with Crippen LogP contribution in [0.3, 0.4) is 0 Å². The number of furan rings is 1. The van der Waals surface area contributed by atoms with Crippen LogP contribution in [0.1, 0.15) is 29.0 Å². The van der Waals surface area contributed by atoms with Crippen molar-refractivity contribution in [2.75, 3.05) is 19.6 Å². The molecule has 2 heterocycles. The number of hydrogen-bond donors (Lipinski definition) is 3. The average molecular weight is 355 g/mol. The summed E-state index contributed by atoms with van der Waals surface area (Å²) in [5, 5.41) is 9.14. The lowest BCUT2D eigenvalue weighted by Crippen LogP contribution is -2.49. The first-order chi connectivity index (χ1) is 12.7. The molecule has 0 saturated carbocycles. The highest BCUT2D eigenvalue weighted by Gasteiger charge is 2.24. The Labute approximate surface area is 153 Å². The van der Waals surface area contributed by atoms with Crippen molar-refractivity contribution in [2.24, 2.45) is 5.92 Å². The molecular formula is C20H25N3O3. The summed E-state index contributed by atoms with van der Waals surface area (Å²) in [4.78, 5) is 25.0. The van der Waals surface area contributed by atoms with E-state index in [9.17, 15) is 9.59 Å². The van der Waals surface area contributed by atoms with Gasteiger partial charge in [0, 0.05) is 13.0 Å². The maximum atomic E-state index is 12.7. The molecule has 2 aromatic rings. The van der Waals surface area contributed by atoms with Crippen molar-refractivity contribution in [3.8, 4) is 0 Å². The highest BCUT2D eigenvalue weighted by atomic mass is 16.3. The van der Waals surface area contributed by atoms with Crippen LogP contribution in [0.15, 0.2) is 53.1 Å². The van der Waals surface area contributed by atoms with Gasteiger partial charge >= 0.3 is 0 Å². The number of amides is 2. The molecule has 0 spiro atoms. The van der Waals surface area contributed by atoms with Crippen LogP contribution >= 0.6 is 0 Å². The number of carbonyl (C=O) groups is 2. The number of rotatable bonds is 7. The Bertz CT molecular complexity index is 694. The maximum Gasteiger partial charge on any atom is 0.287 e. The van der Waals surface area contributed by atoms with E-state index in [1.165, 1.54) is 6.26 Å². The second-order valence-corrected chi connectivity index (χ2v) is 6.65. The third kappa shape index (κ3) is 5.20. The first-order valence-electron chi connectivity index (χ1n) is 9.09. The Morgan fingerprint density at radius 3 is 2.73 bits per heavy atom. The van der Waals surface area contributed by atoms with Crippen molar-refractivity contribution in [2.45, 2.75) is 25.3 Å². The van der Waals surface area contributed by atoms with Gasteiger partial charge in [-0.05, 0) is 49.5 Å². The summed E-state index contributed by atoms with van der Waals surface area (Å²) in [5.41, 5.74) is 0.992. The lowest BCUT2D eigenvalue weighted by molar-refractivity contribution is -0.123.